The van der Waals surface area contributed by atoms with Gasteiger partial charge in [-0.25, -0.2) is 0 Å². The summed E-state index contributed by atoms with van der Waals surface area (Å²) in [5.74, 6) is 0. The fourth-order valence-corrected chi connectivity index (χ4v) is 0.924. The molecule has 1 radical (unpaired) electrons. The highest BCUT2D eigenvalue weighted by atomic mass is 15.2. The van der Waals surface area contributed by atoms with Gasteiger partial charge in [0, 0.05) is 6.04 Å². The summed E-state index contributed by atoms with van der Waals surface area (Å²) in [6.07, 6.45) is 0.955. The van der Waals surface area contributed by atoms with Crippen LogP contribution in [0.1, 0.15) is 13.3 Å². The summed E-state index contributed by atoms with van der Waals surface area (Å²) >= 11 is 0. The lowest BCUT2D eigenvalue weighted by Gasteiger charge is -2.31. The van der Waals surface area contributed by atoms with Crippen molar-refractivity contribution in [1.82, 2.24) is 16.0 Å². The van der Waals surface area contributed by atoms with Crippen LogP contribution in [-0.4, -0.2) is 32.8 Å². The van der Waals surface area contributed by atoms with Gasteiger partial charge in [-0.05, 0) is 41.4 Å². The fourth-order valence-electron chi connectivity index (χ4n) is 0.924. The molecule has 3 N–H and O–H groups in total. The van der Waals surface area contributed by atoms with Crippen LogP contribution in [0, 0.1) is 6.92 Å². The lowest BCUT2D eigenvalue weighted by molar-refractivity contribution is 0.283. The van der Waals surface area contributed by atoms with Crippen LogP contribution in [0.5, 0.6) is 0 Å². The Morgan fingerprint density at radius 1 is 1.27 bits per heavy atom. The molecule has 0 aliphatic rings. The summed E-state index contributed by atoms with van der Waals surface area (Å²) in [4.78, 5) is 0. The van der Waals surface area contributed by atoms with Crippen molar-refractivity contribution in [3.63, 3.8) is 0 Å². The van der Waals surface area contributed by atoms with E-state index in [-0.39, 0.29) is 11.7 Å². The van der Waals surface area contributed by atoms with Gasteiger partial charge in [0.25, 0.3) is 0 Å². The Morgan fingerprint density at radius 2 is 1.73 bits per heavy atom. The lowest BCUT2D eigenvalue weighted by Crippen LogP contribution is -2.54. The smallest absolute Gasteiger partial charge is 0.0668 e. The van der Waals surface area contributed by atoms with Crippen LogP contribution in [0.3, 0.4) is 0 Å². The van der Waals surface area contributed by atoms with Crippen LogP contribution >= 0.6 is 0 Å². The summed E-state index contributed by atoms with van der Waals surface area (Å²) in [7, 11) is 5.81. The van der Waals surface area contributed by atoms with Crippen LogP contribution in [0.15, 0.2) is 0 Å². The van der Waals surface area contributed by atoms with E-state index in [9.17, 15) is 0 Å². The first-order valence-electron chi connectivity index (χ1n) is 3.96. The van der Waals surface area contributed by atoms with Crippen molar-refractivity contribution >= 4 is 0 Å². The molecule has 0 aromatic carbocycles. The predicted octanol–water partition coefficient (Wildman–Crippen LogP) is -0.0464. The van der Waals surface area contributed by atoms with Crippen molar-refractivity contribution < 1.29 is 0 Å². The number of rotatable bonds is 5. The number of hydrogen-bond donors (Lipinski definition) is 3. The third kappa shape index (κ3) is 3.70. The third-order valence-electron chi connectivity index (χ3n) is 2.17. The molecule has 0 amide bonds. The molecule has 0 saturated heterocycles. The molecule has 0 fully saturated rings. The Balaban J connectivity index is 3.86. The van der Waals surface area contributed by atoms with Crippen molar-refractivity contribution in [1.29, 1.82) is 0 Å². The Labute approximate surface area is 69.9 Å². The minimum Gasteiger partial charge on any atom is -0.317 e. The molecule has 3 nitrogen and oxygen atoms in total. The molecule has 11 heavy (non-hydrogen) atoms. The second kappa shape index (κ2) is 4.70. The summed E-state index contributed by atoms with van der Waals surface area (Å²) in [5.41, 5.74) is -0.0184. The van der Waals surface area contributed by atoms with E-state index in [0.29, 0.717) is 0 Å². The molecule has 0 rings (SSSR count). The molecule has 67 valence electrons. The highest BCUT2D eigenvalue weighted by Crippen LogP contribution is 2.06. The molecular formula is C8H20N3. The van der Waals surface area contributed by atoms with E-state index in [1.807, 2.05) is 21.1 Å². The Morgan fingerprint density at radius 3 is 2.00 bits per heavy atom. The van der Waals surface area contributed by atoms with Gasteiger partial charge in [0.2, 0.25) is 0 Å². The zero-order chi connectivity index (χ0) is 8.91. The maximum atomic E-state index is 3.95. The van der Waals surface area contributed by atoms with Crippen LogP contribution in [-0.2, 0) is 0 Å². The second-order valence-electron chi connectivity index (χ2n) is 3.02. The lowest BCUT2D eigenvalue weighted by atomic mass is 10.0. The zero-order valence-corrected chi connectivity index (χ0v) is 7.99. The topological polar surface area (TPSA) is 36.1 Å². The first kappa shape index (κ1) is 10.9. The van der Waals surface area contributed by atoms with Gasteiger partial charge in [0.1, 0.15) is 0 Å². The Kier molecular flexibility index (Phi) is 4.65. The predicted molar refractivity (Wildman–Crippen MR) is 49.3 cm³/mol. The number of hydrogen-bond acceptors (Lipinski definition) is 3. The van der Waals surface area contributed by atoms with Crippen molar-refractivity contribution in [2.24, 2.45) is 0 Å². The molecule has 0 aliphatic carbocycles. The van der Waals surface area contributed by atoms with Gasteiger partial charge < -0.3 is 16.0 Å². The van der Waals surface area contributed by atoms with E-state index in [1.165, 1.54) is 0 Å². The monoisotopic (exact) mass is 158 g/mol. The van der Waals surface area contributed by atoms with E-state index in [0.717, 1.165) is 6.42 Å². The molecule has 0 spiro atoms. The maximum absolute atomic E-state index is 3.95. The van der Waals surface area contributed by atoms with Gasteiger partial charge in [-0.2, -0.15) is 0 Å². The Bertz CT molecular complexity index is 99.5. The SMILES string of the molecule is [CH2]C(CC(C)(NC)NC)NC. The molecule has 0 heterocycles. The van der Waals surface area contributed by atoms with Gasteiger partial charge >= 0.3 is 0 Å². The average Bonchev–Trinajstić information content (AvgIpc) is 2.04. The molecule has 0 aliphatic heterocycles. The van der Waals surface area contributed by atoms with Crippen molar-refractivity contribution in [2.45, 2.75) is 25.0 Å². The van der Waals surface area contributed by atoms with Crippen molar-refractivity contribution in [3.05, 3.63) is 6.92 Å². The molecule has 1 unspecified atom stereocenters. The summed E-state index contributed by atoms with van der Waals surface area (Å²) in [6.45, 7) is 6.06. The summed E-state index contributed by atoms with van der Waals surface area (Å²) in [6, 6.07) is 0.278. The van der Waals surface area contributed by atoms with Crippen molar-refractivity contribution in [3.8, 4) is 0 Å². The third-order valence-corrected chi connectivity index (χ3v) is 2.17. The van der Waals surface area contributed by atoms with Crippen LogP contribution in [0.2, 0.25) is 0 Å². The number of nitrogens with one attached hydrogen (secondary N) is 3. The van der Waals surface area contributed by atoms with Crippen LogP contribution < -0.4 is 16.0 Å². The van der Waals surface area contributed by atoms with Gasteiger partial charge in [-0.3, -0.25) is 0 Å². The molecule has 0 bridgehead atoms. The van der Waals surface area contributed by atoms with E-state index in [2.05, 4.69) is 29.8 Å². The first-order valence-corrected chi connectivity index (χ1v) is 3.96. The quantitative estimate of drug-likeness (QED) is 0.491. The van der Waals surface area contributed by atoms with Gasteiger partial charge in [-0.1, -0.05) is 0 Å². The molecular weight excluding hydrogens is 138 g/mol. The van der Waals surface area contributed by atoms with E-state index in [1.54, 1.807) is 0 Å². The van der Waals surface area contributed by atoms with E-state index in [4.69, 9.17) is 0 Å². The molecule has 0 saturated carbocycles. The average molecular weight is 158 g/mol. The van der Waals surface area contributed by atoms with Gasteiger partial charge in [0.15, 0.2) is 0 Å². The highest BCUT2D eigenvalue weighted by molar-refractivity contribution is 4.84. The van der Waals surface area contributed by atoms with E-state index >= 15 is 0 Å². The molecule has 3 heteroatoms. The molecule has 0 aromatic rings. The molecule has 1 atom stereocenters. The normalized spacial score (nSPS) is 15.0. The highest BCUT2D eigenvalue weighted by Gasteiger charge is 2.20. The fraction of sp³-hybridized carbons (Fsp3) is 0.875. The maximum Gasteiger partial charge on any atom is 0.0668 e. The van der Waals surface area contributed by atoms with Crippen LogP contribution in [0.4, 0.5) is 0 Å². The Hall–Kier alpha value is -0.120. The minimum absolute atomic E-state index is 0.0184. The van der Waals surface area contributed by atoms with Gasteiger partial charge in [-0.15, -0.1) is 0 Å². The minimum atomic E-state index is -0.0184. The molecule has 0 aromatic heterocycles. The summed E-state index contributed by atoms with van der Waals surface area (Å²) < 4.78 is 0. The summed E-state index contributed by atoms with van der Waals surface area (Å²) in [5, 5.41) is 9.50. The van der Waals surface area contributed by atoms with Gasteiger partial charge in [0.05, 0.1) is 5.66 Å². The standard InChI is InChI=1S/C8H20N3/c1-7(9-3)6-8(2,10-4)11-5/h7,9-11H,1,6H2,2-5H3. The van der Waals surface area contributed by atoms with Crippen molar-refractivity contribution in [2.75, 3.05) is 21.1 Å². The first-order chi connectivity index (χ1) is 5.08. The second-order valence-corrected chi connectivity index (χ2v) is 3.02. The zero-order valence-electron chi connectivity index (χ0n) is 7.99. The van der Waals surface area contributed by atoms with E-state index < -0.39 is 0 Å². The largest absolute Gasteiger partial charge is 0.317 e. The van der Waals surface area contributed by atoms with Crippen LogP contribution in [0.25, 0.3) is 0 Å².